The minimum atomic E-state index is -1.10. The van der Waals surface area contributed by atoms with E-state index in [-0.39, 0.29) is 18.7 Å². The monoisotopic (exact) mass is 287 g/mol. The molecule has 21 heavy (non-hydrogen) atoms. The zero-order valence-corrected chi connectivity index (χ0v) is 11.0. The zero-order chi connectivity index (χ0) is 15.2. The zero-order valence-electron chi connectivity index (χ0n) is 11.0. The van der Waals surface area contributed by atoms with E-state index in [0.29, 0.717) is 11.3 Å². The number of aromatic nitrogens is 1. The van der Waals surface area contributed by atoms with Crippen LogP contribution >= 0.6 is 0 Å². The summed E-state index contributed by atoms with van der Waals surface area (Å²) >= 11 is 0. The van der Waals surface area contributed by atoms with Gasteiger partial charge >= 0.3 is 11.9 Å². The number of aliphatic carboxylic acids is 1. The average molecular weight is 287 g/mol. The van der Waals surface area contributed by atoms with Crippen molar-refractivity contribution in [2.24, 2.45) is 0 Å². The Labute approximate surface area is 120 Å². The molecule has 0 spiro atoms. The molecular weight excluding hydrogens is 274 g/mol. The maximum absolute atomic E-state index is 10.8. The lowest BCUT2D eigenvalue weighted by Crippen LogP contribution is -2.06. The van der Waals surface area contributed by atoms with Crippen LogP contribution in [0, 0.1) is 0 Å². The van der Waals surface area contributed by atoms with Gasteiger partial charge in [0.05, 0.1) is 12.6 Å². The van der Waals surface area contributed by atoms with Gasteiger partial charge < -0.3 is 14.9 Å². The highest BCUT2D eigenvalue weighted by Gasteiger charge is 2.08. The molecule has 1 aromatic carbocycles. The minimum absolute atomic E-state index is 0.0615. The third kappa shape index (κ3) is 4.04. The largest absolute Gasteiger partial charge is 0.487 e. The molecular formula is C15H13NO5. The van der Waals surface area contributed by atoms with Crippen molar-refractivity contribution in [2.45, 2.75) is 13.0 Å². The Bertz CT molecular complexity index is 651. The number of carboxylic acids is 2. The van der Waals surface area contributed by atoms with Crippen molar-refractivity contribution in [3.8, 4) is 5.75 Å². The standard InChI is InChI=1S/C15H13NO5/c17-14(18)7-10-3-1-2-4-11(10)9-21-12-5-6-13(15(19)20)16-8-12/h1-6,8H,7,9H2,(H,17,18)(H,19,20). The van der Waals surface area contributed by atoms with Crippen LogP contribution in [0.1, 0.15) is 21.6 Å². The molecule has 0 aliphatic carbocycles. The molecule has 6 nitrogen and oxygen atoms in total. The van der Waals surface area contributed by atoms with Crippen molar-refractivity contribution in [2.75, 3.05) is 0 Å². The highest BCUT2D eigenvalue weighted by molar-refractivity contribution is 5.85. The first kappa shape index (κ1) is 14.5. The Morgan fingerprint density at radius 3 is 2.33 bits per heavy atom. The van der Waals surface area contributed by atoms with E-state index in [2.05, 4.69) is 4.98 Å². The Morgan fingerprint density at radius 2 is 1.76 bits per heavy atom. The van der Waals surface area contributed by atoms with Gasteiger partial charge in [0.25, 0.3) is 0 Å². The minimum Gasteiger partial charge on any atom is -0.487 e. The van der Waals surface area contributed by atoms with Gasteiger partial charge in [0.2, 0.25) is 0 Å². The second-order valence-corrected chi connectivity index (χ2v) is 4.31. The van der Waals surface area contributed by atoms with Crippen molar-refractivity contribution < 1.29 is 24.5 Å². The Balaban J connectivity index is 2.06. The number of hydrogen-bond acceptors (Lipinski definition) is 4. The van der Waals surface area contributed by atoms with Gasteiger partial charge in [0, 0.05) is 0 Å². The second-order valence-electron chi connectivity index (χ2n) is 4.31. The van der Waals surface area contributed by atoms with Crippen LogP contribution < -0.4 is 4.74 Å². The quantitative estimate of drug-likeness (QED) is 0.843. The summed E-state index contributed by atoms with van der Waals surface area (Å²) in [6.45, 7) is 0.192. The van der Waals surface area contributed by atoms with E-state index in [1.807, 2.05) is 0 Å². The van der Waals surface area contributed by atoms with E-state index in [1.54, 1.807) is 24.3 Å². The normalized spacial score (nSPS) is 10.1. The Kier molecular flexibility index (Phi) is 4.50. The lowest BCUT2D eigenvalue weighted by atomic mass is 10.1. The predicted octanol–water partition coefficient (Wildman–Crippen LogP) is 1.99. The van der Waals surface area contributed by atoms with Crippen LogP contribution in [0.25, 0.3) is 0 Å². The molecule has 0 unspecified atom stereocenters. The third-order valence-corrected chi connectivity index (χ3v) is 2.81. The summed E-state index contributed by atoms with van der Waals surface area (Å²) in [7, 11) is 0. The van der Waals surface area contributed by atoms with Gasteiger partial charge in [-0.2, -0.15) is 0 Å². The first-order chi connectivity index (χ1) is 10.1. The van der Waals surface area contributed by atoms with Crippen molar-refractivity contribution >= 4 is 11.9 Å². The first-order valence-corrected chi connectivity index (χ1v) is 6.17. The number of aromatic carboxylic acids is 1. The molecule has 1 aromatic heterocycles. The number of hydrogen-bond donors (Lipinski definition) is 2. The summed E-state index contributed by atoms with van der Waals surface area (Å²) in [6.07, 6.45) is 1.25. The summed E-state index contributed by atoms with van der Waals surface area (Å²) in [5.74, 6) is -1.59. The molecule has 1 heterocycles. The summed E-state index contributed by atoms with van der Waals surface area (Å²) in [5, 5.41) is 17.6. The molecule has 0 fully saturated rings. The van der Waals surface area contributed by atoms with Crippen molar-refractivity contribution in [1.82, 2.24) is 4.98 Å². The smallest absolute Gasteiger partial charge is 0.354 e. The first-order valence-electron chi connectivity index (χ1n) is 6.17. The summed E-state index contributed by atoms with van der Waals surface area (Å²) in [6, 6.07) is 9.95. The predicted molar refractivity (Wildman–Crippen MR) is 73.3 cm³/mol. The van der Waals surface area contributed by atoms with Crippen LogP contribution in [0.4, 0.5) is 0 Å². The van der Waals surface area contributed by atoms with Crippen LogP contribution in [-0.2, 0) is 17.8 Å². The molecule has 2 N–H and O–H groups in total. The van der Waals surface area contributed by atoms with Crippen LogP contribution in [0.15, 0.2) is 42.6 Å². The molecule has 0 saturated heterocycles. The van der Waals surface area contributed by atoms with Crippen LogP contribution in [-0.4, -0.2) is 27.1 Å². The average Bonchev–Trinajstić information content (AvgIpc) is 2.46. The highest BCUT2D eigenvalue weighted by atomic mass is 16.5. The van der Waals surface area contributed by atoms with E-state index >= 15 is 0 Å². The fourth-order valence-electron chi connectivity index (χ4n) is 1.79. The summed E-state index contributed by atoms with van der Waals surface area (Å²) < 4.78 is 5.50. The number of ether oxygens (including phenoxy) is 1. The number of carbonyl (C=O) groups is 2. The molecule has 0 aliphatic rings. The second kappa shape index (κ2) is 6.51. The SMILES string of the molecule is O=C(O)Cc1ccccc1COc1ccc(C(=O)O)nc1. The molecule has 6 heteroatoms. The van der Waals surface area contributed by atoms with Gasteiger partial charge in [0.1, 0.15) is 18.1 Å². The lowest BCUT2D eigenvalue weighted by Gasteiger charge is -2.09. The van der Waals surface area contributed by atoms with Gasteiger partial charge in [-0.25, -0.2) is 9.78 Å². The lowest BCUT2D eigenvalue weighted by molar-refractivity contribution is -0.136. The molecule has 0 radical (unpaired) electrons. The van der Waals surface area contributed by atoms with E-state index in [0.717, 1.165) is 5.56 Å². The van der Waals surface area contributed by atoms with Crippen LogP contribution in [0.2, 0.25) is 0 Å². The topological polar surface area (TPSA) is 96.7 Å². The molecule has 108 valence electrons. The molecule has 0 bridgehead atoms. The van der Waals surface area contributed by atoms with Gasteiger partial charge in [0.15, 0.2) is 0 Å². The van der Waals surface area contributed by atoms with Gasteiger partial charge in [-0.15, -0.1) is 0 Å². The van der Waals surface area contributed by atoms with Gasteiger partial charge in [-0.1, -0.05) is 24.3 Å². The van der Waals surface area contributed by atoms with Crippen molar-refractivity contribution in [3.63, 3.8) is 0 Å². The number of nitrogens with zero attached hydrogens (tertiary/aromatic N) is 1. The van der Waals surface area contributed by atoms with E-state index in [9.17, 15) is 9.59 Å². The van der Waals surface area contributed by atoms with E-state index < -0.39 is 11.9 Å². The van der Waals surface area contributed by atoms with Gasteiger partial charge in [-0.05, 0) is 23.3 Å². The maximum Gasteiger partial charge on any atom is 0.354 e. The highest BCUT2D eigenvalue weighted by Crippen LogP contribution is 2.15. The third-order valence-electron chi connectivity index (χ3n) is 2.81. The number of rotatable bonds is 6. The van der Waals surface area contributed by atoms with Crippen molar-refractivity contribution in [3.05, 3.63) is 59.4 Å². The molecule has 0 saturated carbocycles. The van der Waals surface area contributed by atoms with Crippen LogP contribution in [0.3, 0.4) is 0 Å². The summed E-state index contributed by atoms with van der Waals surface area (Å²) in [5.41, 5.74) is 1.39. The molecule has 0 atom stereocenters. The molecule has 0 amide bonds. The fourth-order valence-corrected chi connectivity index (χ4v) is 1.79. The Morgan fingerprint density at radius 1 is 1.05 bits per heavy atom. The fraction of sp³-hybridized carbons (Fsp3) is 0.133. The number of carboxylic acid groups (broad SMARTS) is 2. The van der Waals surface area contributed by atoms with E-state index in [1.165, 1.54) is 18.3 Å². The number of pyridine rings is 1. The number of benzene rings is 1. The van der Waals surface area contributed by atoms with E-state index in [4.69, 9.17) is 14.9 Å². The van der Waals surface area contributed by atoms with Crippen molar-refractivity contribution in [1.29, 1.82) is 0 Å². The molecule has 2 rings (SSSR count). The van der Waals surface area contributed by atoms with Gasteiger partial charge in [-0.3, -0.25) is 4.79 Å². The summed E-state index contributed by atoms with van der Waals surface area (Å²) in [4.78, 5) is 25.2. The van der Waals surface area contributed by atoms with Crippen LogP contribution in [0.5, 0.6) is 5.75 Å². The molecule has 0 aliphatic heterocycles. The molecule has 2 aromatic rings. The maximum atomic E-state index is 10.8. The Hall–Kier alpha value is -2.89.